The molecule has 4 rings (SSSR count). The van der Waals surface area contributed by atoms with Crippen molar-refractivity contribution in [1.82, 2.24) is 15.0 Å². The van der Waals surface area contributed by atoms with Crippen molar-refractivity contribution in [2.75, 3.05) is 25.1 Å². The number of benzene rings is 1. The number of hydrogen-bond acceptors (Lipinski definition) is 5. The molecule has 1 fully saturated rings. The highest BCUT2D eigenvalue weighted by Gasteiger charge is 2.34. The number of ether oxygens (including phenoxy) is 1. The Labute approximate surface area is 174 Å². The summed E-state index contributed by atoms with van der Waals surface area (Å²) in [5.41, 5.74) is 2.31. The summed E-state index contributed by atoms with van der Waals surface area (Å²) in [5, 5.41) is 3.43. The minimum atomic E-state index is -0.232. The van der Waals surface area contributed by atoms with Gasteiger partial charge in [0.15, 0.2) is 0 Å². The van der Waals surface area contributed by atoms with Gasteiger partial charge in [0.2, 0.25) is 0 Å². The van der Waals surface area contributed by atoms with E-state index in [2.05, 4.69) is 20.3 Å². The molecule has 2 aromatic heterocycles. The van der Waals surface area contributed by atoms with E-state index in [-0.39, 0.29) is 16.8 Å². The van der Waals surface area contributed by atoms with Crippen LogP contribution < -0.4 is 10.9 Å². The molecule has 0 bridgehead atoms. The van der Waals surface area contributed by atoms with Crippen LogP contribution in [0.3, 0.4) is 0 Å². The van der Waals surface area contributed by atoms with Crippen LogP contribution in [-0.4, -0.2) is 34.7 Å². The number of aryl methyl sites for hydroxylation is 1. The molecule has 0 saturated carbocycles. The molecular weight excluding hydrogens is 383 g/mol. The second-order valence-electron chi connectivity index (χ2n) is 7.62. The van der Waals surface area contributed by atoms with Crippen LogP contribution in [0.1, 0.15) is 31.0 Å². The second kappa shape index (κ2) is 8.75. The van der Waals surface area contributed by atoms with E-state index in [4.69, 9.17) is 4.74 Å². The summed E-state index contributed by atoms with van der Waals surface area (Å²) in [6, 6.07) is 12.0. The molecule has 0 aliphatic carbocycles. The molecule has 2 N–H and O–H groups in total. The van der Waals surface area contributed by atoms with Crippen LogP contribution in [0.15, 0.2) is 53.5 Å². The molecule has 0 unspecified atom stereocenters. The summed E-state index contributed by atoms with van der Waals surface area (Å²) in [4.78, 5) is 23.5. The van der Waals surface area contributed by atoms with Crippen molar-refractivity contribution in [2.45, 2.75) is 31.6 Å². The number of hydrogen-bond donors (Lipinski definition) is 2. The Bertz CT molecular complexity index is 1040. The fourth-order valence-electron chi connectivity index (χ4n) is 3.86. The zero-order chi connectivity index (χ0) is 21.0. The Balaban J connectivity index is 1.51. The smallest absolute Gasteiger partial charge is 0.251 e. The van der Waals surface area contributed by atoms with Crippen molar-refractivity contribution >= 4 is 5.82 Å². The lowest BCUT2D eigenvalue weighted by Gasteiger charge is -2.38. The second-order valence-corrected chi connectivity index (χ2v) is 7.62. The van der Waals surface area contributed by atoms with Crippen LogP contribution in [-0.2, 0) is 16.6 Å². The average molecular weight is 408 g/mol. The minimum absolute atomic E-state index is 0.130. The van der Waals surface area contributed by atoms with E-state index in [1.807, 2.05) is 31.2 Å². The number of halogens is 1. The highest BCUT2D eigenvalue weighted by molar-refractivity contribution is 5.56. The third-order valence-corrected chi connectivity index (χ3v) is 5.71. The number of rotatable bonds is 6. The highest BCUT2D eigenvalue weighted by atomic mass is 19.1. The number of pyridine rings is 1. The number of H-pyrrole nitrogens is 1. The predicted molar refractivity (Wildman–Crippen MR) is 114 cm³/mol. The van der Waals surface area contributed by atoms with Crippen LogP contribution in [0.2, 0.25) is 0 Å². The molecule has 3 heterocycles. The molecule has 1 aliphatic heterocycles. The van der Waals surface area contributed by atoms with Crippen molar-refractivity contribution in [3.05, 3.63) is 76.1 Å². The van der Waals surface area contributed by atoms with Gasteiger partial charge in [-0.15, -0.1) is 0 Å². The maximum absolute atomic E-state index is 13.4. The Morgan fingerprint density at radius 2 is 1.93 bits per heavy atom. The topological polar surface area (TPSA) is 79.9 Å². The van der Waals surface area contributed by atoms with Crippen LogP contribution in [0.4, 0.5) is 10.2 Å². The Morgan fingerprint density at radius 1 is 1.17 bits per heavy atom. The molecule has 1 aromatic carbocycles. The molecule has 0 spiro atoms. The monoisotopic (exact) mass is 408 g/mol. The number of anilines is 1. The van der Waals surface area contributed by atoms with Crippen molar-refractivity contribution in [3.63, 3.8) is 0 Å². The standard InChI is InChI=1S/C23H25FN4O2/c1-2-19-13-21(29)28-22(27-19)16-3-8-20(25-14-16)26-15-23(9-11-30-12-10-23)17-4-6-18(24)7-5-17/h3-8,13-14H,2,9-12,15H2,1H3,(H,25,26)(H,27,28,29). The summed E-state index contributed by atoms with van der Waals surface area (Å²) in [6.45, 7) is 4.00. The summed E-state index contributed by atoms with van der Waals surface area (Å²) in [5.74, 6) is 1.02. The van der Waals surface area contributed by atoms with Crippen LogP contribution >= 0.6 is 0 Å². The van der Waals surface area contributed by atoms with Gasteiger partial charge in [0.1, 0.15) is 17.5 Å². The van der Waals surface area contributed by atoms with Gasteiger partial charge in [-0.25, -0.2) is 14.4 Å². The number of aromatic nitrogens is 3. The molecule has 0 atom stereocenters. The van der Waals surface area contributed by atoms with Gasteiger partial charge >= 0.3 is 0 Å². The fourth-order valence-corrected chi connectivity index (χ4v) is 3.86. The Morgan fingerprint density at radius 3 is 2.60 bits per heavy atom. The molecule has 0 radical (unpaired) electrons. The van der Waals surface area contributed by atoms with E-state index in [1.165, 1.54) is 18.2 Å². The van der Waals surface area contributed by atoms with Gasteiger partial charge in [-0.2, -0.15) is 0 Å². The van der Waals surface area contributed by atoms with Crippen molar-refractivity contribution in [3.8, 4) is 11.4 Å². The summed E-state index contributed by atoms with van der Waals surface area (Å²) in [6.07, 6.45) is 4.12. The SMILES string of the molecule is CCc1cc(=O)[nH]c(-c2ccc(NCC3(c4ccc(F)cc4)CCOCC3)nc2)n1. The first-order valence-electron chi connectivity index (χ1n) is 10.2. The highest BCUT2D eigenvalue weighted by Crippen LogP contribution is 2.35. The predicted octanol–water partition coefficient (Wildman–Crippen LogP) is 3.69. The largest absolute Gasteiger partial charge is 0.381 e. The quantitative estimate of drug-likeness (QED) is 0.650. The molecule has 6 nitrogen and oxygen atoms in total. The maximum Gasteiger partial charge on any atom is 0.251 e. The van der Waals surface area contributed by atoms with Crippen LogP contribution in [0, 0.1) is 5.82 Å². The molecule has 1 saturated heterocycles. The number of aromatic amines is 1. The first-order chi connectivity index (χ1) is 14.6. The zero-order valence-electron chi connectivity index (χ0n) is 17.0. The summed E-state index contributed by atoms with van der Waals surface area (Å²) >= 11 is 0. The minimum Gasteiger partial charge on any atom is -0.381 e. The van der Waals surface area contributed by atoms with Gasteiger partial charge in [-0.3, -0.25) is 4.79 Å². The lowest BCUT2D eigenvalue weighted by atomic mass is 9.74. The summed E-state index contributed by atoms with van der Waals surface area (Å²) < 4.78 is 19.0. The third-order valence-electron chi connectivity index (χ3n) is 5.71. The van der Waals surface area contributed by atoms with E-state index in [9.17, 15) is 9.18 Å². The van der Waals surface area contributed by atoms with Crippen LogP contribution in [0.25, 0.3) is 11.4 Å². The molecule has 30 heavy (non-hydrogen) atoms. The maximum atomic E-state index is 13.4. The van der Waals surface area contributed by atoms with E-state index in [0.29, 0.717) is 32.0 Å². The summed E-state index contributed by atoms with van der Waals surface area (Å²) in [7, 11) is 0. The molecule has 7 heteroatoms. The van der Waals surface area contributed by atoms with E-state index in [0.717, 1.165) is 35.5 Å². The number of nitrogens with one attached hydrogen (secondary N) is 2. The van der Waals surface area contributed by atoms with Gasteiger partial charge in [-0.05, 0) is 49.1 Å². The van der Waals surface area contributed by atoms with Crippen molar-refractivity contribution in [2.24, 2.45) is 0 Å². The Kier molecular flexibility index (Phi) is 5.90. The third kappa shape index (κ3) is 4.41. The molecule has 1 aliphatic rings. The lowest BCUT2D eigenvalue weighted by molar-refractivity contribution is 0.0543. The normalized spacial score (nSPS) is 15.7. The zero-order valence-corrected chi connectivity index (χ0v) is 17.0. The van der Waals surface area contributed by atoms with Crippen molar-refractivity contribution in [1.29, 1.82) is 0 Å². The van der Waals surface area contributed by atoms with Crippen molar-refractivity contribution < 1.29 is 9.13 Å². The average Bonchev–Trinajstić information content (AvgIpc) is 2.78. The van der Waals surface area contributed by atoms with Crippen LogP contribution in [0.5, 0.6) is 0 Å². The van der Waals surface area contributed by atoms with Gasteiger partial charge in [0.25, 0.3) is 5.56 Å². The van der Waals surface area contributed by atoms with Gasteiger partial charge in [-0.1, -0.05) is 19.1 Å². The van der Waals surface area contributed by atoms with E-state index in [1.54, 1.807) is 6.20 Å². The lowest BCUT2D eigenvalue weighted by Crippen LogP contribution is -2.40. The Hall–Kier alpha value is -3.06. The molecule has 0 amide bonds. The first-order valence-corrected chi connectivity index (χ1v) is 10.2. The molecule has 156 valence electrons. The van der Waals surface area contributed by atoms with Gasteiger partial charge < -0.3 is 15.0 Å². The van der Waals surface area contributed by atoms with E-state index < -0.39 is 0 Å². The fraction of sp³-hybridized carbons (Fsp3) is 0.348. The molecular formula is C23H25FN4O2. The van der Waals surface area contributed by atoms with Gasteiger partial charge in [0, 0.05) is 48.7 Å². The van der Waals surface area contributed by atoms with Gasteiger partial charge in [0.05, 0.1) is 0 Å². The van der Waals surface area contributed by atoms with E-state index >= 15 is 0 Å². The number of nitrogens with zero attached hydrogens (tertiary/aromatic N) is 2. The molecule has 3 aromatic rings. The first kappa shape index (κ1) is 20.2.